The maximum absolute atomic E-state index is 6.70. The van der Waals surface area contributed by atoms with Crippen molar-refractivity contribution >= 4 is 0 Å². The van der Waals surface area contributed by atoms with Gasteiger partial charge in [0.05, 0.1) is 14.2 Å². The van der Waals surface area contributed by atoms with Gasteiger partial charge in [-0.05, 0) is 48.8 Å². The molecule has 3 rings (SSSR count). The SMILES string of the molecule is COc1ccc(C2(N)CC3(CCCCCC3)C2)cc1OC. The van der Waals surface area contributed by atoms with Crippen molar-refractivity contribution in [1.82, 2.24) is 0 Å². The molecule has 2 fully saturated rings. The summed E-state index contributed by atoms with van der Waals surface area (Å²) in [4.78, 5) is 0. The Labute approximate surface area is 127 Å². The van der Waals surface area contributed by atoms with E-state index in [0.717, 1.165) is 24.3 Å². The maximum Gasteiger partial charge on any atom is 0.161 e. The first-order valence-corrected chi connectivity index (χ1v) is 8.12. The van der Waals surface area contributed by atoms with E-state index in [9.17, 15) is 0 Å². The first-order chi connectivity index (χ1) is 10.1. The van der Waals surface area contributed by atoms with E-state index in [1.165, 1.54) is 44.1 Å². The lowest BCUT2D eigenvalue weighted by atomic mass is 9.52. The standard InChI is InChI=1S/C18H27NO2/c1-20-15-8-7-14(11-16(15)21-2)18(19)12-17(13-18)9-5-3-4-6-10-17/h7-8,11H,3-6,9-10,12-13,19H2,1-2H3. The normalized spacial score (nSPS) is 23.2. The molecule has 3 nitrogen and oxygen atoms in total. The molecule has 0 heterocycles. The summed E-state index contributed by atoms with van der Waals surface area (Å²) in [5, 5.41) is 0. The van der Waals surface area contributed by atoms with Crippen molar-refractivity contribution in [2.45, 2.75) is 56.9 Å². The molecule has 0 atom stereocenters. The summed E-state index contributed by atoms with van der Waals surface area (Å²) in [6.45, 7) is 0. The molecule has 116 valence electrons. The minimum absolute atomic E-state index is 0.177. The second-order valence-corrected chi connectivity index (χ2v) is 6.99. The Morgan fingerprint density at radius 1 is 0.905 bits per heavy atom. The average Bonchev–Trinajstić information content (AvgIpc) is 2.71. The molecule has 0 unspecified atom stereocenters. The molecule has 3 heteroatoms. The largest absolute Gasteiger partial charge is 0.493 e. The Morgan fingerprint density at radius 2 is 1.52 bits per heavy atom. The van der Waals surface area contributed by atoms with Crippen LogP contribution in [0.2, 0.25) is 0 Å². The molecule has 0 aliphatic heterocycles. The number of rotatable bonds is 3. The van der Waals surface area contributed by atoms with Crippen LogP contribution in [-0.2, 0) is 5.54 Å². The summed E-state index contributed by atoms with van der Waals surface area (Å²) >= 11 is 0. The molecule has 1 aromatic carbocycles. The fourth-order valence-corrected chi connectivity index (χ4v) is 4.47. The number of hydrogen-bond acceptors (Lipinski definition) is 3. The van der Waals surface area contributed by atoms with Crippen molar-refractivity contribution in [1.29, 1.82) is 0 Å². The van der Waals surface area contributed by atoms with Crippen LogP contribution in [0.1, 0.15) is 56.9 Å². The van der Waals surface area contributed by atoms with E-state index in [2.05, 4.69) is 12.1 Å². The summed E-state index contributed by atoms with van der Waals surface area (Å²) in [5.74, 6) is 1.55. The van der Waals surface area contributed by atoms with Crippen LogP contribution in [0.25, 0.3) is 0 Å². The van der Waals surface area contributed by atoms with Crippen molar-refractivity contribution in [3.63, 3.8) is 0 Å². The van der Waals surface area contributed by atoms with Gasteiger partial charge in [0.15, 0.2) is 11.5 Å². The van der Waals surface area contributed by atoms with Gasteiger partial charge in [-0.3, -0.25) is 0 Å². The summed E-state index contributed by atoms with van der Waals surface area (Å²) < 4.78 is 10.7. The van der Waals surface area contributed by atoms with Gasteiger partial charge in [-0.2, -0.15) is 0 Å². The molecule has 0 aromatic heterocycles. The lowest BCUT2D eigenvalue weighted by molar-refractivity contribution is 0.00950. The molecule has 2 N–H and O–H groups in total. The molecule has 0 radical (unpaired) electrons. The highest BCUT2D eigenvalue weighted by molar-refractivity contribution is 5.46. The highest BCUT2D eigenvalue weighted by Crippen LogP contribution is 2.59. The maximum atomic E-state index is 6.70. The Balaban J connectivity index is 1.78. The molecule has 0 amide bonds. The molecule has 0 bridgehead atoms. The molecule has 0 saturated heterocycles. The zero-order chi connectivity index (χ0) is 14.9. The van der Waals surface area contributed by atoms with Gasteiger partial charge in [0.25, 0.3) is 0 Å². The monoisotopic (exact) mass is 289 g/mol. The number of benzene rings is 1. The predicted octanol–water partition coefficient (Wildman–Crippen LogP) is 3.99. The Bertz CT molecular complexity index is 496. The summed E-state index contributed by atoms with van der Waals surface area (Å²) in [6, 6.07) is 6.13. The van der Waals surface area contributed by atoms with E-state index < -0.39 is 0 Å². The lowest BCUT2D eigenvalue weighted by Crippen LogP contribution is -2.55. The van der Waals surface area contributed by atoms with Crippen molar-refractivity contribution < 1.29 is 9.47 Å². The third-order valence-electron chi connectivity index (χ3n) is 5.50. The molecule has 2 saturated carbocycles. The quantitative estimate of drug-likeness (QED) is 0.915. The summed E-state index contributed by atoms with van der Waals surface area (Å²) in [7, 11) is 3.35. The molecule has 2 aliphatic carbocycles. The second-order valence-electron chi connectivity index (χ2n) is 6.99. The number of nitrogens with two attached hydrogens (primary N) is 1. The van der Waals surface area contributed by atoms with Gasteiger partial charge in [0, 0.05) is 5.54 Å². The lowest BCUT2D eigenvalue weighted by Gasteiger charge is -2.55. The minimum Gasteiger partial charge on any atom is -0.493 e. The van der Waals surface area contributed by atoms with E-state index in [4.69, 9.17) is 15.2 Å². The molecule has 21 heavy (non-hydrogen) atoms. The zero-order valence-corrected chi connectivity index (χ0v) is 13.3. The fourth-order valence-electron chi connectivity index (χ4n) is 4.47. The van der Waals surface area contributed by atoms with E-state index >= 15 is 0 Å². The highest BCUT2D eigenvalue weighted by Gasteiger charge is 2.52. The minimum atomic E-state index is -0.177. The van der Waals surface area contributed by atoms with Gasteiger partial charge < -0.3 is 15.2 Å². The predicted molar refractivity (Wildman–Crippen MR) is 84.8 cm³/mol. The van der Waals surface area contributed by atoms with Crippen molar-refractivity contribution in [3.8, 4) is 11.5 Å². The van der Waals surface area contributed by atoms with Crippen LogP contribution in [0.15, 0.2) is 18.2 Å². The van der Waals surface area contributed by atoms with Gasteiger partial charge in [-0.1, -0.05) is 31.7 Å². The third-order valence-corrected chi connectivity index (χ3v) is 5.50. The first-order valence-electron chi connectivity index (χ1n) is 8.12. The van der Waals surface area contributed by atoms with E-state index in [1.807, 2.05) is 6.07 Å². The molecule has 2 aliphatic rings. The first kappa shape index (κ1) is 14.7. The Morgan fingerprint density at radius 3 is 2.10 bits per heavy atom. The molecular formula is C18H27NO2. The Hall–Kier alpha value is -1.22. The van der Waals surface area contributed by atoms with Gasteiger partial charge in [0.1, 0.15) is 0 Å². The average molecular weight is 289 g/mol. The molecule has 1 spiro atoms. The Kier molecular flexibility index (Phi) is 3.87. The third kappa shape index (κ3) is 2.64. The van der Waals surface area contributed by atoms with Gasteiger partial charge in [0.2, 0.25) is 0 Å². The van der Waals surface area contributed by atoms with Crippen LogP contribution in [0.5, 0.6) is 11.5 Å². The zero-order valence-electron chi connectivity index (χ0n) is 13.3. The molecular weight excluding hydrogens is 262 g/mol. The van der Waals surface area contributed by atoms with Gasteiger partial charge in [-0.15, -0.1) is 0 Å². The topological polar surface area (TPSA) is 44.5 Å². The smallest absolute Gasteiger partial charge is 0.161 e. The van der Waals surface area contributed by atoms with Crippen LogP contribution in [-0.4, -0.2) is 14.2 Å². The number of ether oxygens (including phenoxy) is 2. The van der Waals surface area contributed by atoms with E-state index in [0.29, 0.717) is 5.41 Å². The van der Waals surface area contributed by atoms with Gasteiger partial charge in [-0.25, -0.2) is 0 Å². The number of methoxy groups -OCH3 is 2. The summed E-state index contributed by atoms with van der Waals surface area (Å²) in [5.41, 5.74) is 8.22. The van der Waals surface area contributed by atoms with Crippen molar-refractivity contribution in [3.05, 3.63) is 23.8 Å². The number of hydrogen-bond donors (Lipinski definition) is 1. The van der Waals surface area contributed by atoms with Crippen LogP contribution < -0.4 is 15.2 Å². The van der Waals surface area contributed by atoms with Gasteiger partial charge >= 0.3 is 0 Å². The fraction of sp³-hybridized carbons (Fsp3) is 0.667. The van der Waals surface area contributed by atoms with Crippen LogP contribution in [0, 0.1) is 5.41 Å². The highest BCUT2D eigenvalue weighted by atomic mass is 16.5. The van der Waals surface area contributed by atoms with Crippen LogP contribution >= 0.6 is 0 Å². The van der Waals surface area contributed by atoms with E-state index in [-0.39, 0.29) is 5.54 Å². The van der Waals surface area contributed by atoms with Crippen molar-refractivity contribution in [2.75, 3.05) is 14.2 Å². The second kappa shape index (κ2) is 5.53. The summed E-state index contributed by atoms with van der Waals surface area (Å²) in [6.07, 6.45) is 10.5. The van der Waals surface area contributed by atoms with Crippen LogP contribution in [0.3, 0.4) is 0 Å². The van der Waals surface area contributed by atoms with Crippen LogP contribution in [0.4, 0.5) is 0 Å². The van der Waals surface area contributed by atoms with Crippen molar-refractivity contribution in [2.24, 2.45) is 11.1 Å². The van der Waals surface area contributed by atoms with E-state index in [1.54, 1.807) is 14.2 Å². The molecule has 1 aromatic rings.